The number of rotatable bonds is 4. The summed E-state index contributed by atoms with van der Waals surface area (Å²) >= 11 is 9.35. The van der Waals surface area contributed by atoms with Crippen molar-refractivity contribution in [3.8, 4) is 0 Å². The van der Waals surface area contributed by atoms with Crippen LogP contribution in [0.1, 0.15) is 35.9 Å². The van der Waals surface area contributed by atoms with Gasteiger partial charge in [0.05, 0.1) is 11.1 Å². The number of amides is 1. The molecule has 0 aliphatic carbocycles. The molecule has 1 unspecified atom stereocenters. The maximum Gasteiger partial charge on any atom is 0.268 e. The number of nitrogens with one attached hydrogen (secondary N) is 1. The average Bonchev–Trinajstić information content (AvgIpc) is 2.80. The molecular formula is C15H16BrClN2O. The van der Waals surface area contributed by atoms with Crippen LogP contribution < -0.4 is 5.32 Å². The molecule has 2 aromatic rings. The third-order valence-electron chi connectivity index (χ3n) is 3.15. The number of carbonyl (C=O) groups excluding carboxylic acids is 1. The zero-order valence-corrected chi connectivity index (χ0v) is 13.7. The highest BCUT2D eigenvalue weighted by molar-refractivity contribution is 9.10. The second kappa shape index (κ2) is 6.46. The van der Waals surface area contributed by atoms with E-state index in [0.717, 1.165) is 10.0 Å². The minimum Gasteiger partial charge on any atom is -0.344 e. The van der Waals surface area contributed by atoms with Crippen molar-refractivity contribution in [1.82, 2.24) is 9.88 Å². The molecular weight excluding hydrogens is 340 g/mol. The summed E-state index contributed by atoms with van der Waals surface area (Å²) < 4.78 is 2.86. The molecule has 1 heterocycles. The second-order valence-electron chi connectivity index (χ2n) is 4.58. The van der Waals surface area contributed by atoms with E-state index in [1.54, 1.807) is 12.3 Å². The summed E-state index contributed by atoms with van der Waals surface area (Å²) in [7, 11) is 0. The van der Waals surface area contributed by atoms with Gasteiger partial charge in [0.2, 0.25) is 0 Å². The van der Waals surface area contributed by atoms with E-state index >= 15 is 0 Å². The van der Waals surface area contributed by atoms with Crippen LogP contribution in [0.3, 0.4) is 0 Å². The molecule has 1 N–H and O–H groups in total. The lowest BCUT2D eigenvalue weighted by molar-refractivity contribution is 0.0930. The standard InChI is InChI=1S/C15H16BrClN2O/c1-3-19-9-13(17)8-14(19)15(20)18-10(2)11-4-6-12(16)7-5-11/h4-10H,3H2,1-2H3,(H,18,20). The second-order valence-corrected chi connectivity index (χ2v) is 5.93. The molecule has 3 nitrogen and oxygen atoms in total. The van der Waals surface area contributed by atoms with Crippen molar-refractivity contribution in [1.29, 1.82) is 0 Å². The lowest BCUT2D eigenvalue weighted by Crippen LogP contribution is -2.28. The van der Waals surface area contributed by atoms with Crippen LogP contribution in [0.2, 0.25) is 5.02 Å². The molecule has 1 amide bonds. The summed E-state index contributed by atoms with van der Waals surface area (Å²) in [5.41, 5.74) is 1.64. The Labute approximate surface area is 132 Å². The van der Waals surface area contributed by atoms with Crippen molar-refractivity contribution in [3.05, 3.63) is 57.3 Å². The smallest absolute Gasteiger partial charge is 0.268 e. The number of hydrogen-bond acceptors (Lipinski definition) is 1. The minimum atomic E-state index is -0.117. The fourth-order valence-corrected chi connectivity index (χ4v) is 2.52. The van der Waals surface area contributed by atoms with Crippen LogP contribution in [0.15, 0.2) is 41.0 Å². The molecule has 0 saturated carbocycles. The van der Waals surface area contributed by atoms with Gasteiger partial charge in [0.1, 0.15) is 5.69 Å². The predicted molar refractivity (Wildman–Crippen MR) is 85.1 cm³/mol. The van der Waals surface area contributed by atoms with E-state index < -0.39 is 0 Å². The molecule has 2 rings (SSSR count). The number of benzene rings is 1. The summed E-state index contributed by atoms with van der Waals surface area (Å²) in [6, 6.07) is 9.53. The van der Waals surface area contributed by atoms with Gasteiger partial charge in [-0.1, -0.05) is 39.7 Å². The lowest BCUT2D eigenvalue weighted by Gasteiger charge is -2.15. The van der Waals surface area contributed by atoms with Gasteiger partial charge in [0, 0.05) is 17.2 Å². The first-order valence-corrected chi connectivity index (χ1v) is 7.60. The van der Waals surface area contributed by atoms with Gasteiger partial charge in [-0.05, 0) is 37.6 Å². The van der Waals surface area contributed by atoms with Crippen LogP contribution in [0, 0.1) is 0 Å². The van der Waals surface area contributed by atoms with Gasteiger partial charge in [0.15, 0.2) is 0 Å². The third-order valence-corrected chi connectivity index (χ3v) is 3.89. The van der Waals surface area contributed by atoms with Crippen LogP contribution >= 0.6 is 27.5 Å². The van der Waals surface area contributed by atoms with E-state index in [0.29, 0.717) is 17.3 Å². The van der Waals surface area contributed by atoms with Gasteiger partial charge in [-0.3, -0.25) is 4.79 Å². The van der Waals surface area contributed by atoms with Crippen LogP contribution in [-0.2, 0) is 6.54 Å². The zero-order valence-electron chi connectivity index (χ0n) is 11.4. The Morgan fingerprint density at radius 2 is 2.05 bits per heavy atom. The predicted octanol–water partition coefficient (Wildman–Crippen LogP) is 4.41. The normalized spacial score (nSPS) is 12.2. The van der Waals surface area contributed by atoms with Gasteiger partial charge in [-0.15, -0.1) is 0 Å². The van der Waals surface area contributed by atoms with Crippen molar-refractivity contribution in [3.63, 3.8) is 0 Å². The Morgan fingerprint density at radius 3 is 2.65 bits per heavy atom. The molecule has 106 valence electrons. The fourth-order valence-electron chi connectivity index (χ4n) is 2.03. The molecule has 0 aliphatic rings. The van der Waals surface area contributed by atoms with Gasteiger partial charge in [0.25, 0.3) is 5.91 Å². The first kappa shape index (κ1) is 15.1. The molecule has 0 saturated heterocycles. The molecule has 1 aromatic heterocycles. The molecule has 20 heavy (non-hydrogen) atoms. The molecule has 0 spiro atoms. The van der Waals surface area contributed by atoms with Gasteiger partial charge in [-0.25, -0.2) is 0 Å². The zero-order chi connectivity index (χ0) is 14.7. The van der Waals surface area contributed by atoms with E-state index in [2.05, 4.69) is 21.2 Å². The van der Waals surface area contributed by atoms with Gasteiger partial charge < -0.3 is 9.88 Å². The highest BCUT2D eigenvalue weighted by atomic mass is 79.9. The van der Waals surface area contributed by atoms with Crippen LogP contribution in [-0.4, -0.2) is 10.5 Å². The molecule has 0 bridgehead atoms. The van der Waals surface area contributed by atoms with E-state index in [4.69, 9.17) is 11.6 Å². The maximum atomic E-state index is 12.3. The first-order chi connectivity index (χ1) is 9.51. The third kappa shape index (κ3) is 3.44. The molecule has 1 aromatic carbocycles. The number of halogens is 2. The molecule has 1 atom stereocenters. The highest BCUT2D eigenvalue weighted by Gasteiger charge is 2.15. The quantitative estimate of drug-likeness (QED) is 0.865. The largest absolute Gasteiger partial charge is 0.344 e. The maximum absolute atomic E-state index is 12.3. The lowest BCUT2D eigenvalue weighted by atomic mass is 10.1. The number of carbonyl (C=O) groups is 1. The average molecular weight is 356 g/mol. The SMILES string of the molecule is CCn1cc(Cl)cc1C(=O)NC(C)c1ccc(Br)cc1. The van der Waals surface area contributed by atoms with E-state index in [9.17, 15) is 4.79 Å². The summed E-state index contributed by atoms with van der Waals surface area (Å²) in [6.07, 6.45) is 1.76. The Morgan fingerprint density at radius 1 is 1.40 bits per heavy atom. The van der Waals surface area contributed by atoms with E-state index in [1.165, 1.54) is 0 Å². The monoisotopic (exact) mass is 354 g/mol. The topological polar surface area (TPSA) is 34.0 Å². The van der Waals surface area contributed by atoms with E-state index in [-0.39, 0.29) is 11.9 Å². The Bertz CT molecular complexity index is 607. The molecule has 0 radical (unpaired) electrons. The summed E-state index contributed by atoms with van der Waals surface area (Å²) in [5, 5.41) is 3.56. The molecule has 0 aliphatic heterocycles. The minimum absolute atomic E-state index is 0.0606. The fraction of sp³-hybridized carbons (Fsp3) is 0.267. The van der Waals surface area contributed by atoms with Crippen molar-refractivity contribution in [2.45, 2.75) is 26.4 Å². The van der Waals surface area contributed by atoms with Crippen LogP contribution in [0.4, 0.5) is 0 Å². The number of aryl methyl sites for hydroxylation is 1. The van der Waals surface area contributed by atoms with E-state index in [1.807, 2.05) is 42.7 Å². The Hall–Kier alpha value is -1.26. The number of aromatic nitrogens is 1. The first-order valence-electron chi connectivity index (χ1n) is 6.43. The van der Waals surface area contributed by atoms with Crippen LogP contribution in [0.5, 0.6) is 0 Å². The Kier molecular flexibility index (Phi) is 4.89. The molecule has 0 fully saturated rings. The molecule has 5 heteroatoms. The number of hydrogen-bond donors (Lipinski definition) is 1. The van der Waals surface area contributed by atoms with Crippen molar-refractivity contribution in [2.24, 2.45) is 0 Å². The highest BCUT2D eigenvalue weighted by Crippen LogP contribution is 2.18. The van der Waals surface area contributed by atoms with Crippen molar-refractivity contribution < 1.29 is 4.79 Å². The van der Waals surface area contributed by atoms with Crippen molar-refractivity contribution >= 4 is 33.4 Å². The van der Waals surface area contributed by atoms with Gasteiger partial charge in [-0.2, -0.15) is 0 Å². The van der Waals surface area contributed by atoms with Crippen LogP contribution in [0.25, 0.3) is 0 Å². The number of nitrogens with zero attached hydrogens (tertiary/aromatic N) is 1. The van der Waals surface area contributed by atoms with Crippen molar-refractivity contribution in [2.75, 3.05) is 0 Å². The summed E-state index contributed by atoms with van der Waals surface area (Å²) in [6.45, 7) is 4.65. The Balaban J connectivity index is 2.12. The summed E-state index contributed by atoms with van der Waals surface area (Å²) in [5.74, 6) is -0.117. The summed E-state index contributed by atoms with van der Waals surface area (Å²) in [4.78, 5) is 12.3. The van der Waals surface area contributed by atoms with Gasteiger partial charge >= 0.3 is 0 Å².